The first-order valence-corrected chi connectivity index (χ1v) is 9.85. The van der Waals surface area contributed by atoms with Crippen LogP contribution < -0.4 is 5.32 Å². The van der Waals surface area contributed by atoms with Crippen molar-refractivity contribution in [1.29, 1.82) is 0 Å². The minimum absolute atomic E-state index is 0.0478. The zero-order valence-corrected chi connectivity index (χ0v) is 15.8. The van der Waals surface area contributed by atoms with Crippen molar-refractivity contribution < 1.29 is 13.3 Å². The van der Waals surface area contributed by atoms with Gasteiger partial charge in [0, 0.05) is 36.4 Å². The average molecular weight is 387 g/mol. The van der Waals surface area contributed by atoms with Crippen molar-refractivity contribution in [2.75, 3.05) is 0 Å². The lowest BCUT2D eigenvalue weighted by molar-refractivity contribution is -0.0448. The number of nitrogens with one attached hydrogen (secondary N) is 1. The quantitative estimate of drug-likeness (QED) is 0.827. The molecule has 0 saturated heterocycles. The highest BCUT2D eigenvalue weighted by molar-refractivity contribution is 5.99. The van der Waals surface area contributed by atoms with Crippen LogP contribution in [0.4, 0.5) is 14.6 Å². The van der Waals surface area contributed by atoms with Crippen molar-refractivity contribution >= 4 is 17.4 Å². The van der Waals surface area contributed by atoms with Gasteiger partial charge in [0.05, 0.1) is 23.5 Å². The summed E-state index contributed by atoms with van der Waals surface area (Å²) >= 11 is 0. The van der Waals surface area contributed by atoms with Gasteiger partial charge in [0.1, 0.15) is 11.6 Å². The van der Waals surface area contributed by atoms with Gasteiger partial charge < -0.3 is 9.84 Å². The third-order valence-electron chi connectivity index (χ3n) is 6.27. The van der Waals surface area contributed by atoms with E-state index in [-0.39, 0.29) is 30.7 Å². The highest BCUT2D eigenvalue weighted by Crippen LogP contribution is 2.46. The summed E-state index contributed by atoms with van der Waals surface area (Å²) in [4.78, 5) is 4.87. The Hall–Kier alpha value is -2.51. The maximum atomic E-state index is 13.6. The fourth-order valence-corrected chi connectivity index (χ4v) is 4.48. The van der Waals surface area contributed by atoms with Crippen molar-refractivity contribution in [2.24, 2.45) is 10.9 Å². The highest BCUT2D eigenvalue weighted by atomic mass is 19.3. The molecule has 0 spiro atoms. The van der Waals surface area contributed by atoms with E-state index in [0.29, 0.717) is 12.8 Å². The lowest BCUT2D eigenvalue weighted by Crippen LogP contribution is -2.40. The molecule has 5 rings (SSSR count). The topological polar surface area (TPSA) is 68.2 Å². The van der Waals surface area contributed by atoms with Crippen molar-refractivity contribution in [2.45, 2.75) is 63.3 Å². The van der Waals surface area contributed by atoms with Gasteiger partial charge in [-0.25, -0.2) is 18.5 Å². The van der Waals surface area contributed by atoms with E-state index < -0.39 is 5.92 Å². The zero-order chi connectivity index (χ0) is 19.5. The molecule has 2 atom stereocenters. The molecule has 2 aromatic rings. The van der Waals surface area contributed by atoms with Crippen molar-refractivity contribution in [3.8, 4) is 0 Å². The maximum Gasteiger partial charge on any atom is 0.248 e. The Balaban J connectivity index is 1.43. The summed E-state index contributed by atoms with van der Waals surface area (Å²) in [6.07, 6.45) is 4.38. The average Bonchev–Trinajstić information content (AvgIpc) is 3.21. The predicted molar refractivity (Wildman–Crippen MR) is 101 cm³/mol. The molecule has 0 amide bonds. The smallest absolute Gasteiger partial charge is 0.248 e. The van der Waals surface area contributed by atoms with Crippen LogP contribution in [0.1, 0.15) is 67.5 Å². The first-order chi connectivity index (χ1) is 13.4. The van der Waals surface area contributed by atoms with Gasteiger partial charge in [-0.3, -0.25) is 0 Å². The fraction of sp³-hybridized carbons (Fsp3) is 0.550. The molecule has 28 heavy (non-hydrogen) atoms. The number of aryl methyl sites for hydroxylation is 1. The number of amidine groups is 1. The second-order valence-electron chi connectivity index (χ2n) is 8.18. The number of aromatic nitrogens is 3. The number of hydrogen-bond acceptors (Lipinski definition) is 5. The van der Waals surface area contributed by atoms with E-state index in [4.69, 9.17) is 9.52 Å². The Bertz CT molecular complexity index is 950. The third-order valence-corrected chi connectivity index (χ3v) is 6.27. The molecule has 0 unspecified atom stereocenters. The number of hydrogen-bond donors (Lipinski definition) is 1. The number of fused-ring (bicyclic) bond motifs is 1. The van der Waals surface area contributed by atoms with Crippen LogP contribution in [0.2, 0.25) is 0 Å². The maximum absolute atomic E-state index is 13.6. The molecule has 3 aliphatic rings. The Labute approximate surface area is 161 Å². The lowest BCUT2D eigenvalue weighted by atomic mass is 9.71. The van der Waals surface area contributed by atoms with E-state index in [1.807, 2.05) is 17.7 Å². The molecule has 3 heterocycles. The van der Waals surface area contributed by atoms with E-state index >= 15 is 0 Å². The molecule has 0 aromatic carbocycles. The molecule has 0 bridgehead atoms. The van der Waals surface area contributed by atoms with Gasteiger partial charge in [-0.05, 0) is 32.6 Å². The summed E-state index contributed by atoms with van der Waals surface area (Å²) in [6.45, 7) is 6.04. The van der Waals surface area contributed by atoms with E-state index in [2.05, 4.69) is 22.2 Å². The molecule has 2 saturated carbocycles. The summed E-state index contributed by atoms with van der Waals surface area (Å²) in [5.74, 6) is 0.358. The standard InChI is InChI=1S/C20H23F2N5O/c1-11-9-17(28-26-11)14-3-4-15(14)18-24-12(2)16-10-23-27(19(16)25-18)13-5-7-20(21,22)8-6-13/h9-10,13-15H,2-8H2,1H3,(H,24,25)/t14-,15-/m1/s1. The lowest BCUT2D eigenvalue weighted by Gasteiger charge is -2.37. The second kappa shape index (κ2) is 6.25. The van der Waals surface area contributed by atoms with Crippen LogP contribution in [0, 0.1) is 12.8 Å². The van der Waals surface area contributed by atoms with Gasteiger partial charge >= 0.3 is 0 Å². The van der Waals surface area contributed by atoms with Gasteiger partial charge in [0.2, 0.25) is 5.92 Å². The van der Waals surface area contributed by atoms with E-state index in [1.165, 1.54) is 0 Å². The second-order valence-corrected chi connectivity index (χ2v) is 8.18. The molecule has 6 nitrogen and oxygen atoms in total. The summed E-state index contributed by atoms with van der Waals surface area (Å²) in [5.41, 5.74) is 2.47. The van der Waals surface area contributed by atoms with Crippen LogP contribution in [-0.2, 0) is 0 Å². The SMILES string of the molecule is C=C1NC([C@@H]2CC[C@H]2c2cc(C)no2)=Nc2c1cnn2C1CCC(F)(F)CC1. The largest absolute Gasteiger partial charge is 0.361 e. The summed E-state index contributed by atoms with van der Waals surface area (Å²) in [6, 6.07) is 1.93. The monoisotopic (exact) mass is 387 g/mol. The molecule has 0 radical (unpaired) electrons. The number of aliphatic imine (C=N–C) groups is 1. The van der Waals surface area contributed by atoms with Gasteiger partial charge in [-0.15, -0.1) is 0 Å². The van der Waals surface area contributed by atoms with Gasteiger partial charge in [0.15, 0.2) is 5.82 Å². The number of nitrogens with zero attached hydrogens (tertiary/aromatic N) is 4. The van der Waals surface area contributed by atoms with Crippen LogP contribution in [0.3, 0.4) is 0 Å². The highest BCUT2D eigenvalue weighted by Gasteiger charge is 2.41. The van der Waals surface area contributed by atoms with Crippen LogP contribution in [0.25, 0.3) is 5.70 Å². The Morgan fingerprint density at radius 3 is 2.61 bits per heavy atom. The molecule has 148 valence electrons. The van der Waals surface area contributed by atoms with E-state index in [1.54, 1.807) is 6.20 Å². The van der Waals surface area contributed by atoms with Crippen LogP contribution in [-0.4, -0.2) is 26.7 Å². The van der Waals surface area contributed by atoms with E-state index in [9.17, 15) is 8.78 Å². The minimum atomic E-state index is -2.56. The van der Waals surface area contributed by atoms with Crippen LogP contribution in [0.15, 0.2) is 28.4 Å². The molecule has 2 aliphatic carbocycles. The summed E-state index contributed by atoms with van der Waals surface area (Å²) < 4.78 is 34.4. The zero-order valence-electron chi connectivity index (χ0n) is 15.8. The fourth-order valence-electron chi connectivity index (χ4n) is 4.48. The van der Waals surface area contributed by atoms with Gasteiger partial charge in [-0.1, -0.05) is 11.7 Å². The van der Waals surface area contributed by atoms with Crippen molar-refractivity contribution in [3.05, 3.63) is 35.9 Å². The Kier molecular flexibility index (Phi) is 3.93. The molecule has 1 N–H and O–H groups in total. The van der Waals surface area contributed by atoms with Gasteiger partial charge in [-0.2, -0.15) is 5.10 Å². The number of alkyl halides is 2. The minimum Gasteiger partial charge on any atom is -0.361 e. The Morgan fingerprint density at radius 1 is 1.21 bits per heavy atom. The van der Waals surface area contributed by atoms with Gasteiger partial charge in [0.25, 0.3) is 0 Å². The normalized spacial score (nSPS) is 27.0. The van der Waals surface area contributed by atoms with Crippen LogP contribution in [0.5, 0.6) is 0 Å². The third kappa shape index (κ3) is 2.86. The first-order valence-electron chi connectivity index (χ1n) is 9.85. The summed E-state index contributed by atoms with van der Waals surface area (Å²) in [7, 11) is 0. The molecule has 8 heteroatoms. The Morgan fingerprint density at radius 2 is 1.96 bits per heavy atom. The molecular formula is C20H23F2N5O. The summed E-state index contributed by atoms with van der Waals surface area (Å²) in [5, 5.41) is 11.8. The molecule has 1 aliphatic heterocycles. The van der Waals surface area contributed by atoms with Crippen LogP contribution >= 0.6 is 0 Å². The number of halogens is 2. The number of rotatable bonds is 3. The van der Waals surface area contributed by atoms with E-state index in [0.717, 1.165) is 47.2 Å². The predicted octanol–water partition coefficient (Wildman–Crippen LogP) is 4.73. The molecular weight excluding hydrogens is 364 g/mol. The molecule has 2 fully saturated rings. The first kappa shape index (κ1) is 17.6. The molecule has 2 aromatic heterocycles. The van der Waals surface area contributed by atoms with Crippen molar-refractivity contribution in [1.82, 2.24) is 20.3 Å². The van der Waals surface area contributed by atoms with Crippen molar-refractivity contribution in [3.63, 3.8) is 0 Å².